The molecule has 5 saturated carbocycles. The molecule has 5 aliphatic carbocycles. The average molecular weight is 445 g/mol. The summed E-state index contributed by atoms with van der Waals surface area (Å²) < 4.78 is 24.7. The van der Waals surface area contributed by atoms with Crippen LogP contribution in [0.1, 0.15) is 64.2 Å². The van der Waals surface area contributed by atoms with Gasteiger partial charge in [-0.15, -0.1) is 11.6 Å². The third-order valence-electron chi connectivity index (χ3n) is 7.69. The number of carbonyl (C=O) groups is 2. The number of hydrogen-bond acceptors (Lipinski definition) is 4. The van der Waals surface area contributed by atoms with Crippen molar-refractivity contribution >= 4 is 23.4 Å². The standard InChI is InChI=1S/C22H34ClFN2O4/c1-29-15-4-2-14(3-5-15)9-25-20(28)21-11-22(12-21,13-21)26-19(27)10-30-16-6-7-17(23)18(24)8-16/h14-18H,2-13H2,1H3,(H,25,28)(H,26,27). The molecule has 170 valence electrons. The first kappa shape index (κ1) is 22.3. The van der Waals surface area contributed by atoms with E-state index in [4.69, 9.17) is 21.1 Å². The number of nitrogens with one attached hydrogen (secondary N) is 2. The highest BCUT2D eigenvalue weighted by Gasteiger charge is 2.72. The molecule has 3 atom stereocenters. The van der Waals surface area contributed by atoms with Crippen LogP contribution < -0.4 is 10.6 Å². The number of amides is 2. The van der Waals surface area contributed by atoms with Gasteiger partial charge in [-0.2, -0.15) is 0 Å². The number of rotatable bonds is 8. The van der Waals surface area contributed by atoms with E-state index in [9.17, 15) is 14.0 Å². The molecule has 0 spiro atoms. The number of ether oxygens (including phenoxy) is 2. The topological polar surface area (TPSA) is 76.7 Å². The third-order valence-corrected chi connectivity index (χ3v) is 8.18. The summed E-state index contributed by atoms with van der Waals surface area (Å²) in [4.78, 5) is 24.9. The Balaban J connectivity index is 1.12. The van der Waals surface area contributed by atoms with Crippen LogP contribution in [0.25, 0.3) is 0 Å². The molecule has 2 N–H and O–H groups in total. The minimum Gasteiger partial charge on any atom is -0.381 e. The largest absolute Gasteiger partial charge is 0.381 e. The van der Waals surface area contributed by atoms with Crippen LogP contribution in [0.4, 0.5) is 4.39 Å². The van der Waals surface area contributed by atoms with Crippen molar-refractivity contribution in [1.82, 2.24) is 10.6 Å². The van der Waals surface area contributed by atoms with E-state index in [0.717, 1.165) is 32.2 Å². The van der Waals surface area contributed by atoms with Crippen LogP contribution in [0.2, 0.25) is 0 Å². The number of methoxy groups -OCH3 is 1. The fraction of sp³-hybridized carbons (Fsp3) is 0.909. The Hall–Kier alpha value is -0.920. The summed E-state index contributed by atoms with van der Waals surface area (Å²) in [6.07, 6.45) is 7.02. The maximum absolute atomic E-state index is 13.7. The fourth-order valence-electron chi connectivity index (χ4n) is 5.88. The van der Waals surface area contributed by atoms with Crippen LogP contribution >= 0.6 is 11.6 Å². The van der Waals surface area contributed by atoms with Crippen LogP contribution in [0.3, 0.4) is 0 Å². The predicted molar refractivity (Wildman–Crippen MR) is 111 cm³/mol. The maximum atomic E-state index is 13.7. The highest BCUT2D eigenvalue weighted by Crippen LogP contribution is 2.67. The quantitative estimate of drug-likeness (QED) is 0.564. The molecule has 8 heteroatoms. The van der Waals surface area contributed by atoms with Gasteiger partial charge in [0.05, 0.1) is 23.0 Å². The molecule has 0 saturated heterocycles. The van der Waals surface area contributed by atoms with E-state index in [0.29, 0.717) is 44.1 Å². The minimum atomic E-state index is -1.07. The van der Waals surface area contributed by atoms with Crippen molar-refractivity contribution in [3.05, 3.63) is 0 Å². The summed E-state index contributed by atoms with van der Waals surface area (Å²) >= 11 is 5.88. The van der Waals surface area contributed by atoms with Crippen molar-refractivity contribution in [2.45, 2.75) is 93.5 Å². The van der Waals surface area contributed by atoms with Gasteiger partial charge in [0.1, 0.15) is 12.8 Å². The van der Waals surface area contributed by atoms with Crippen molar-refractivity contribution in [2.24, 2.45) is 11.3 Å². The molecular formula is C22H34ClFN2O4. The molecule has 5 aliphatic rings. The van der Waals surface area contributed by atoms with Gasteiger partial charge >= 0.3 is 0 Å². The van der Waals surface area contributed by atoms with Crippen molar-refractivity contribution in [3.8, 4) is 0 Å². The molecule has 0 radical (unpaired) electrons. The Morgan fingerprint density at radius 3 is 2.37 bits per heavy atom. The van der Waals surface area contributed by atoms with Gasteiger partial charge in [0.25, 0.3) is 0 Å². The molecular weight excluding hydrogens is 411 g/mol. The Kier molecular flexibility index (Phi) is 6.62. The molecule has 0 heterocycles. The Morgan fingerprint density at radius 1 is 1.07 bits per heavy atom. The summed E-state index contributed by atoms with van der Waals surface area (Å²) in [5.74, 6) is 0.494. The zero-order valence-corrected chi connectivity index (χ0v) is 18.5. The number of alkyl halides is 2. The van der Waals surface area contributed by atoms with E-state index in [-0.39, 0.29) is 41.9 Å². The van der Waals surface area contributed by atoms with E-state index in [1.165, 1.54) is 0 Å². The second-order valence-electron chi connectivity index (χ2n) is 10.0. The lowest BCUT2D eigenvalue weighted by Gasteiger charge is -2.69. The molecule has 30 heavy (non-hydrogen) atoms. The zero-order valence-electron chi connectivity index (χ0n) is 17.8. The summed E-state index contributed by atoms with van der Waals surface area (Å²) in [6, 6.07) is 0. The van der Waals surface area contributed by atoms with E-state index >= 15 is 0 Å². The predicted octanol–water partition coefficient (Wildman–Crippen LogP) is 2.86. The fourth-order valence-corrected chi connectivity index (χ4v) is 6.11. The van der Waals surface area contributed by atoms with Crippen LogP contribution in [-0.4, -0.2) is 61.4 Å². The first-order chi connectivity index (χ1) is 14.3. The first-order valence-electron chi connectivity index (χ1n) is 11.3. The second-order valence-corrected chi connectivity index (χ2v) is 10.6. The Morgan fingerprint density at radius 2 is 1.73 bits per heavy atom. The average Bonchev–Trinajstić information content (AvgIpc) is 2.69. The zero-order chi connectivity index (χ0) is 21.4. The highest BCUT2D eigenvalue weighted by molar-refractivity contribution is 6.21. The molecule has 2 amide bonds. The van der Waals surface area contributed by atoms with Crippen LogP contribution in [0.15, 0.2) is 0 Å². The van der Waals surface area contributed by atoms with E-state index in [1.54, 1.807) is 7.11 Å². The van der Waals surface area contributed by atoms with Gasteiger partial charge in [-0.3, -0.25) is 9.59 Å². The summed E-state index contributed by atoms with van der Waals surface area (Å²) in [5, 5.41) is 5.74. The van der Waals surface area contributed by atoms with E-state index in [1.807, 2.05) is 0 Å². The molecule has 0 aromatic rings. The molecule has 6 nitrogen and oxygen atoms in total. The first-order valence-corrected chi connectivity index (χ1v) is 11.8. The number of carbonyl (C=O) groups excluding carboxylic acids is 2. The monoisotopic (exact) mass is 444 g/mol. The Bertz CT molecular complexity index is 635. The van der Waals surface area contributed by atoms with Gasteiger partial charge < -0.3 is 20.1 Å². The molecule has 5 fully saturated rings. The van der Waals surface area contributed by atoms with Gasteiger partial charge in [0, 0.05) is 25.6 Å². The summed E-state index contributed by atoms with van der Waals surface area (Å²) in [7, 11) is 1.77. The lowest BCUT2D eigenvalue weighted by molar-refractivity contribution is -0.185. The summed E-state index contributed by atoms with van der Waals surface area (Å²) in [6.45, 7) is 0.680. The van der Waals surface area contributed by atoms with Crippen molar-refractivity contribution in [2.75, 3.05) is 20.3 Å². The SMILES string of the molecule is COC1CCC(CNC(=O)C23CC(NC(=O)COC4CCC(Cl)C(F)C4)(C2)C3)CC1. The number of hydrogen-bond donors (Lipinski definition) is 2. The Labute approximate surface area is 182 Å². The van der Waals surface area contributed by atoms with Gasteiger partial charge in [-0.25, -0.2) is 4.39 Å². The van der Waals surface area contributed by atoms with Crippen LogP contribution in [0.5, 0.6) is 0 Å². The lowest BCUT2D eigenvalue weighted by atomic mass is 9.39. The van der Waals surface area contributed by atoms with Gasteiger partial charge in [0.2, 0.25) is 11.8 Å². The van der Waals surface area contributed by atoms with Crippen molar-refractivity contribution in [1.29, 1.82) is 0 Å². The third kappa shape index (κ3) is 4.63. The molecule has 0 aliphatic heterocycles. The van der Waals surface area contributed by atoms with E-state index < -0.39 is 11.5 Å². The van der Waals surface area contributed by atoms with Gasteiger partial charge in [0.15, 0.2) is 0 Å². The normalized spacial score (nSPS) is 42.6. The van der Waals surface area contributed by atoms with Crippen molar-refractivity contribution in [3.63, 3.8) is 0 Å². The van der Waals surface area contributed by atoms with Gasteiger partial charge in [-0.1, -0.05) is 0 Å². The highest BCUT2D eigenvalue weighted by atomic mass is 35.5. The molecule has 0 aromatic heterocycles. The lowest BCUT2D eigenvalue weighted by Crippen LogP contribution is -2.78. The molecule has 3 unspecified atom stereocenters. The van der Waals surface area contributed by atoms with Crippen molar-refractivity contribution < 1.29 is 23.5 Å². The smallest absolute Gasteiger partial charge is 0.246 e. The number of halogens is 2. The van der Waals surface area contributed by atoms with Gasteiger partial charge in [-0.05, 0) is 63.7 Å². The van der Waals surface area contributed by atoms with Crippen LogP contribution in [0, 0.1) is 11.3 Å². The second kappa shape index (κ2) is 8.91. The molecule has 5 rings (SSSR count). The van der Waals surface area contributed by atoms with Crippen LogP contribution in [-0.2, 0) is 19.1 Å². The minimum absolute atomic E-state index is 0.0601. The molecule has 2 bridgehead atoms. The van der Waals surface area contributed by atoms with E-state index in [2.05, 4.69) is 10.6 Å². The molecule has 0 aromatic carbocycles. The summed E-state index contributed by atoms with van der Waals surface area (Å²) in [5.41, 5.74) is -0.539. The maximum Gasteiger partial charge on any atom is 0.246 e.